The molecule has 0 spiro atoms. The molecule has 0 aliphatic rings. The van der Waals surface area contributed by atoms with Gasteiger partial charge in [0.1, 0.15) is 5.56 Å². The fourth-order valence-electron chi connectivity index (χ4n) is 2.80. The van der Waals surface area contributed by atoms with E-state index in [1.807, 2.05) is 0 Å². The van der Waals surface area contributed by atoms with Gasteiger partial charge in [-0.05, 0) is 51.0 Å². The number of nitrogens with two attached hydrogens (primary N) is 1. The Morgan fingerprint density at radius 3 is 2.50 bits per heavy atom. The average molecular weight is 362 g/mol. The van der Waals surface area contributed by atoms with Gasteiger partial charge >= 0.3 is 0 Å². The van der Waals surface area contributed by atoms with Crippen LogP contribution in [0.2, 0.25) is 0 Å². The molecule has 0 aromatic carbocycles. The summed E-state index contributed by atoms with van der Waals surface area (Å²) in [6.07, 6.45) is 7.21. The Morgan fingerprint density at radius 1 is 1.19 bits per heavy atom. The van der Waals surface area contributed by atoms with Crippen LogP contribution in [0.15, 0.2) is 27.3 Å². The number of carbonyl (C=O) groups excluding carboxylic acids is 1. The molecule has 0 aliphatic heterocycles. The first-order chi connectivity index (χ1) is 12.7. The lowest BCUT2D eigenvalue weighted by Crippen LogP contribution is -2.31. The molecule has 0 saturated heterocycles. The van der Waals surface area contributed by atoms with E-state index in [-0.39, 0.29) is 17.4 Å². The molecule has 0 fully saturated rings. The second-order valence-corrected chi connectivity index (χ2v) is 6.41. The van der Waals surface area contributed by atoms with Gasteiger partial charge in [0.05, 0.1) is 6.26 Å². The van der Waals surface area contributed by atoms with Crippen LogP contribution in [0.4, 0.5) is 5.88 Å². The number of hydrogen-bond acceptors (Lipinski definition) is 6. The molecule has 7 nitrogen and oxygen atoms in total. The highest BCUT2D eigenvalue weighted by Crippen LogP contribution is 2.27. The van der Waals surface area contributed by atoms with E-state index in [4.69, 9.17) is 14.7 Å². The number of nitrogen functional groups attached to an aromatic ring is 1. The number of nitrogens with zero attached hydrogens (tertiary/aromatic N) is 2. The van der Waals surface area contributed by atoms with Crippen LogP contribution in [0.1, 0.15) is 56.3 Å². The molecule has 0 atom stereocenters. The van der Waals surface area contributed by atoms with Crippen molar-refractivity contribution in [3.63, 3.8) is 0 Å². The molecule has 2 heterocycles. The number of aromatic nitrogens is 1. The molecule has 3 N–H and O–H groups in total. The van der Waals surface area contributed by atoms with E-state index in [1.165, 1.54) is 31.9 Å². The molecule has 7 heteroatoms. The van der Waals surface area contributed by atoms with Crippen molar-refractivity contribution in [2.24, 2.45) is 0 Å². The summed E-state index contributed by atoms with van der Waals surface area (Å²) in [4.78, 5) is 15.0. The highest BCUT2D eigenvalue weighted by molar-refractivity contribution is 6.03. The summed E-state index contributed by atoms with van der Waals surface area (Å²) in [7, 11) is 0. The molecule has 144 valence electrons. The highest BCUT2D eigenvalue weighted by Gasteiger charge is 2.23. The molecule has 0 bridgehead atoms. The third-order valence-electron chi connectivity index (χ3n) is 4.29. The Labute approximate surface area is 154 Å². The molecule has 2 rings (SSSR count). The summed E-state index contributed by atoms with van der Waals surface area (Å²) >= 11 is 0. The summed E-state index contributed by atoms with van der Waals surface area (Å²) in [5.41, 5.74) is 6.33. The second-order valence-electron chi connectivity index (χ2n) is 6.41. The molecular formula is C19H30N4O3. The third kappa shape index (κ3) is 5.62. The molecule has 0 aliphatic carbocycles. The average Bonchev–Trinajstić information content (AvgIpc) is 3.29. The van der Waals surface area contributed by atoms with Gasteiger partial charge in [0.2, 0.25) is 5.88 Å². The first-order valence-electron chi connectivity index (χ1n) is 9.46. The quantitative estimate of drug-likeness (QED) is 0.561. The summed E-state index contributed by atoms with van der Waals surface area (Å²) in [5.74, 6) is 0.172. The maximum absolute atomic E-state index is 12.5. The number of rotatable bonds is 12. The fraction of sp³-hybridized carbons (Fsp3) is 0.579. The van der Waals surface area contributed by atoms with Crippen molar-refractivity contribution in [2.75, 3.05) is 31.9 Å². The molecule has 26 heavy (non-hydrogen) atoms. The Hall–Kier alpha value is -2.28. The molecule has 0 radical (unpaired) electrons. The zero-order valence-electron chi connectivity index (χ0n) is 15.8. The van der Waals surface area contributed by atoms with Crippen molar-refractivity contribution in [3.8, 4) is 11.5 Å². The third-order valence-corrected chi connectivity index (χ3v) is 4.29. The zero-order chi connectivity index (χ0) is 18.8. The van der Waals surface area contributed by atoms with E-state index in [0.29, 0.717) is 18.0 Å². The number of anilines is 1. The predicted molar refractivity (Wildman–Crippen MR) is 102 cm³/mol. The van der Waals surface area contributed by atoms with Crippen molar-refractivity contribution in [3.05, 3.63) is 24.0 Å². The zero-order valence-corrected chi connectivity index (χ0v) is 15.8. The van der Waals surface area contributed by atoms with E-state index in [9.17, 15) is 4.79 Å². The van der Waals surface area contributed by atoms with Crippen LogP contribution >= 0.6 is 0 Å². The lowest BCUT2D eigenvalue weighted by molar-refractivity contribution is 0.0952. The van der Waals surface area contributed by atoms with Crippen molar-refractivity contribution in [1.82, 2.24) is 15.4 Å². The molecule has 2 aromatic heterocycles. The predicted octanol–water partition coefficient (Wildman–Crippen LogP) is 3.54. The van der Waals surface area contributed by atoms with Crippen LogP contribution in [0.3, 0.4) is 0 Å². The van der Waals surface area contributed by atoms with E-state index >= 15 is 0 Å². The first kappa shape index (κ1) is 20.0. The van der Waals surface area contributed by atoms with Gasteiger partial charge in [0.25, 0.3) is 5.91 Å². The van der Waals surface area contributed by atoms with E-state index < -0.39 is 0 Å². The number of furan rings is 1. The summed E-state index contributed by atoms with van der Waals surface area (Å²) in [6.45, 7) is 8.20. The van der Waals surface area contributed by atoms with Crippen LogP contribution in [0.25, 0.3) is 11.5 Å². The van der Waals surface area contributed by atoms with Crippen LogP contribution in [-0.2, 0) is 0 Å². The Morgan fingerprint density at radius 2 is 1.88 bits per heavy atom. The SMILES string of the molecule is CCCCN(CCCC)CCCNC(=O)c1c(-c2ccco2)noc1N. The van der Waals surface area contributed by atoms with Gasteiger partial charge in [-0.1, -0.05) is 31.8 Å². The van der Waals surface area contributed by atoms with Crippen molar-refractivity contribution in [2.45, 2.75) is 46.0 Å². The van der Waals surface area contributed by atoms with Crippen LogP contribution in [-0.4, -0.2) is 42.1 Å². The van der Waals surface area contributed by atoms with E-state index in [1.54, 1.807) is 12.1 Å². The van der Waals surface area contributed by atoms with Gasteiger partial charge in [-0.15, -0.1) is 0 Å². The van der Waals surface area contributed by atoms with E-state index in [0.717, 1.165) is 26.1 Å². The smallest absolute Gasteiger partial charge is 0.259 e. The minimum Gasteiger partial charge on any atom is -0.463 e. The van der Waals surface area contributed by atoms with Gasteiger partial charge < -0.3 is 24.9 Å². The van der Waals surface area contributed by atoms with Crippen molar-refractivity contribution >= 4 is 11.8 Å². The van der Waals surface area contributed by atoms with Crippen molar-refractivity contribution < 1.29 is 13.7 Å². The lowest BCUT2D eigenvalue weighted by atomic mass is 10.2. The molecule has 1 amide bonds. The van der Waals surface area contributed by atoms with Gasteiger partial charge in [-0.25, -0.2) is 0 Å². The minimum atomic E-state index is -0.288. The summed E-state index contributed by atoms with van der Waals surface area (Å²) in [6, 6.07) is 3.44. The normalized spacial score (nSPS) is 11.2. The Balaban J connectivity index is 1.84. The first-order valence-corrected chi connectivity index (χ1v) is 9.46. The van der Waals surface area contributed by atoms with Gasteiger partial charge in [-0.2, -0.15) is 0 Å². The van der Waals surface area contributed by atoms with Crippen molar-refractivity contribution in [1.29, 1.82) is 0 Å². The van der Waals surface area contributed by atoms with Crippen LogP contribution < -0.4 is 11.1 Å². The number of nitrogens with one attached hydrogen (secondary N) is 1. The van der Waals surface area contributed by atoms with Gasteiger partial charge in [-0.3, -0.25) is 4.79 Å². The number of hydrogen-bond donors (Lipinski definition) is 2. The highest BCUT2D eigenvalue weighted by atomic mass is 16.5. The Kier molecular flexibility index (Phi) is 8.21. The summed E-state index contributed by atoms with van der Waals surface area (Å²) < 4.78 is 10.3. The maximum atomic E-state index is 12.5. The van der Waals surface area contributed by atoms with E-state index in [2.05, 4.69) is 29.2 Å². The minimum absolute atomic E-state index is 0.00131. The van der Waals surface area contributed by atoms with Crippen LogP contribution in [0.5, 0.6) is 0 Å². The Bertz CT molecular complexity index is 644. The molecular weight excluding hydrogens is 332 g/mol. The standard InChI is InChI=1S/C19H30N4O3/c1-3-5-11-23(12-6-4-2)13-8-10-21-19(24)16-17(22-26-18(16)20)15-9-7-14-25-15/h7,9,14H,3-6,8,10-13,20H2,1-2H3,(H,21,24). The monoisotopic (exact) mass is 362 g/mol. The lowest BCUT2D eigenvalue weighted by Gasteiger charge is -2.21. The maximum Gasteiger partial charge on any atom is 0.259 e. The van der Waals surface area contributed by atoms with Crippen LogP contribution in [0, 0.1) is 0 Å². The van der Waals surface area contributed by atoms with Gasteiger partial charge in [0.15, 0.2) is 11.5 Å². The number of carbonyl (C=O) groups is 1. The number of unbranched alkanes of at least 4 members (excludes halogenated alkanes) is 2. The summed E-state index contributed by atoms with van der Waals surface area (Å²) in [5, 5.41) is 6.75. The van der Waals surface area contributed by atoms with Gasteiger partial charge in [0, 0.05) is 6.54 Å². The topological polar surface area (TPSA) is 97.5 Å². The largest absolute Gasteiger partial charge is 0.463 e. The molecule has 0 saturated carbocycles. The number of amides is 1. The molecule has 0 unspecified atom stereocenters. The fourth-order valence-corrected chi connectivity index (χ4v) is 2.80. The second kappa shape index (κ2) is 10.7. The molecule has 2 aromatic rings.